The van der Waals surface area contributed by atoms with Crippen LogP contribution < -0.4 is 5.32 Å². The van der Waals surface area contributed by atoms with Crippen molar-refractivity contribution in [2.24, 2.45) is 5.92 Å². The molecule has 7 nitrogen and oxygen atoms in total. The highest BCUT2D eigenvalue weighted by Gasteiger charge is 2.07. The SMILES string of the molecule is COCC(C)CNc1ncc([N+](=O)[O-])cn1. The van der Waals surface area contributed by atoms with Gasteiger partial charge in [-0.15, -0.1) is 0 Å². The molecule has 7 heteroatoms. The third-order valence-corrected chi connectivity index (χ3v) is 1.91. The summed E-state index contributed by atoms with van der Waals surface area (Å²) >= 11 is 0. The van der Waals surface area contributed by atoms with Gasteiger partial charge in [0.2, 0.25) is 5.95 Å². The molecule has 0 saturated heterocycles. The number of nitro groups is 1. The molecule has 0 radical (unpaired) electrons. The van der Waals surface area contributed by atoms with Gasteiger partial charge in [0, 0.05) is 13.7 Å². The predicted octanol–water partition coefficient (Wildman–Crippen LogP) is 1.08. The van der Waals surface area contributed by atoms with E-state index in [0.29, 0.717) is 25.0 Å². The fraction of sp³-hybridized carbons (Fsp3) is 0.556. The van der Waals surface area contributed by atoms with E-state index >= 15 is 0 Å². The molecular weight excluding hydrogens is 212 g/mol. The van der Waals surface area contributed by atoms with Crippen LogP contribution in [0.3, 0.4) is 0 Å². The van der Waals surface area contributed by atoms with Crippen LogP contribution in [0.2, 0.25) is 0 Å². The van der Waals surface area contributed by atoms with Crippen molar-refractivity contribution in [1.29, 1.82) is 0 Å². The van der Waals surface area contributed by atoms with E-state index in [4.69, 9.17) is 4.74 Å². The van der Waals surface area contributed by atoms with Crippen molar-refractivity contribution in [3.63, 3.8) is 0 Å². The molecule has 0 bridgehead atoms. The molecule has 16 heavy (non-hydrogen) atoms. The third kappa shape index (κ3) is 3.77. The van der Waals surface area contributed by atoms with Gasteiger partial charge in [-0.25, -0.2) is 9.97 Å². The van der Waals surface area contributed by atoms with Crippen LogP contribution in [-0.2, 0) is 4.74 Å². The lowest BCUT2D eigenvalue weighted by atomic mass is 10.2. The highest BCUT2D eigenvalue weighted by Crippen LogP contribution is 2.08. The molecule has 0 amide bonds. The number of hydrogen-bond acceptors (Lipinski definition) is 6. The summed E-state index contributed by atoms with van der Waals surface area (Å²) in [7, 11) is 1.64. The summed E-state index contributed by atoms with van der Waals surface area (Å²) < 4.78 is 4.97. The summed E-state index contributed by atoms with van der Waals surface area (Å²) in [4.78, 5) is 17.5. The van der Waals surface area contributed by atoms with Crippen molar-refractivity contribution < 1.29 is 9.66 Å². The summed E-state index contributed by atoms with van der Waals surface area (Å²) in [5, 5.41) is 13.3. The monoisotopic (exact) mass is 226 g/mol. The molecule has 1 N–H and O–H groups in total. The molecule has 1 aromatic heterocycles. The molecule has 1 rings (SSSR count). The number of nitrogens with zero attached hydrogens (tertiary/aromatic N) is 3. The standard InChI is InChI=1S/C9H14N4O3/c1-7(6-16-2)3-10-9-11-4-8(5-12-9)13(14)15/h4-5,7H,3,6H2,1-2H3,(H,10,11,12). The maximum absolute atomic E-state index is 10.4. The molecule has 0 aliphatic rings. The minimum absolute atomic E-state index is 0.115. The van der Waals surface area contributed by atoms with Gasteiger partial charge in [-0.1, -0.05) is 6.92 Å². The smallest absolute Gasteiger partial charge is 0.305 e. The van der Waals surface area contributed by atoms with Crippen molar-refractivity contribution in [1.82, 2.24) is 9.97 Å². The van der Waals surface area contributed by atoms with Gasteiger partial charge in [0.1, 0.15) is 12.4 Å². The van der Waals surface area contributed by atoms with Crippen LogP contribution in [0.25, 0.3) is 0 Å². The summed E-state index contributed by atoms with van der Waals surface area (Å²) in [5.41, 5.74) is -0.115. The highest BCUT2D eigenvalue weighted by atomic mass is 16.6. The zero-order valence-corrected chi connectivity index (χ0v) is 9.21. The van der Waals surface area contributed by atoms with Crippen LogP contribution in [0, 0.1) is 16.0 Å². The third-order valence-electron chi connectivity index (χ3n) is 1.91. The average Bonchev–Trinajstić information content (AvgIpc) is 2.27. The number of hydrogen-bond donors (Lipinski definition) is 1. The van der Waals surface area contributed by atoms with Crippen molar-refractivity contribution in [3.8, 4) is 0 Å². The quantitative estimate of drug-likeness (QED) is 0.576. The van der Waals surface area contributed by atoms with E-state index in [0.717, 1.165) is 0 Å². The highest BCUT2D eigenvalue weighted by molar-refractivity contribution is 5.30. The van der Waals surface area contributed by atoms with E-state index in [-0.39, 0.29) is 5.69 Å². The molecule has 1 unspecified atom stereocenters. The van der Waals surface area contributed by atoms with Crippen LogP contribution in [-0.4, -0.2) is 35.2 Å². The van der Waals surface area contributed by atoms with Gasteiger partial charge in [0.15, 0.2) is 0 Å². The second-order valence-corrected chi connectivity index (χ2v) is 3.46. The van der Waals surface area contributed by atoms with Gasteiger partial charge in [0.05, 0.1) is 11.5 Å². The first-order chi connectivity index (χ1) is 7.63. The van der Waals surface area contributed by atoms with Crippen molar-refractivity contribution in [2.75, 3.05) is 25.6 Å². The van der Waals surface area contributed by atoms with Crippen LogP contribution in [0.5, 0.6) is 0 Å². The Morgan fingerprint density at radius 2 is 2.19 bits per heavy atom. The van der Waals surface area contributed by atoms with E-state index in [2.05, 4.69) is 15.3 Å². The first-order valence-corrected chi connectivity index (χ1v) is 4.82. The Morgan fingerprint density at radius 3 is 2.69 bits per heavy atom. The van der Waals surface area contributed by atoms with Crippen molar-refractivity contribution >= 4 is 11.6 Å². The second-order valence-electron chi connectivity index (χ2n) is 3.46. The molecule has 0 fully saturated rings. The summed E-state index contributed by atoms with van der Waals surface area (Å²) in [5.74, 6) is 0.706. The summed E-state index contributed by atoms with van der Waals surface area (Å²) in [6.45, 7) is 3.31. The second kappa shape index (κ2) is 5.96. The largest absolute Gasteiger partial charge is 0.384 e. The Bertz CT molecular complexity index is 341. The van der Waals surface area contributed by atoms with E-state index in [1.54, 1.807) is 7.11 Å². The zero-order chi connectivity index (χ0) is 12.0. The number of aromatic nitrogens is 2. The number of rotatable bonds is 6. The van der Waals surface area contributed by atoms with Crippen LogP contribution in [0.15, 0.2) is 12.4 Å². The van der Waals surface area contributed by atoms with Gasteiger partial charge < -0.3 is 10.1 Å². The Morgan fingerprint density at radius 1 is 1.56 bits per heavy atom. The molecule has 1 aromatic rings. The van der Waals surface area contributed by atoms with Crippen LogP contribution >= 0.6 is 0 Å². The summed E-state index contributed by atoms with van der Waals surface area (Å²) in [6, 6.07) is 0. The Kier molecular flexibility index (Phi) is 4.59. The fourth-order valence-electron chi connectivity index (χ4n) is 1.12. The first-order valence-electron chi connectivity index (χ1n) is 4.82. The molecule has 0 aromatic carbocycles. The molecule has 88 valence electrons. The van der Waals surface area contributed by atoms with Gasteiger partial charge in [-0.2, -0.15) is 0 Å². The molecular formula is C9H14N4O3. The lowest BCUT2D eigenvalue weighted by molar-refractivity contribution is -0.385. The Hall–Kier alpha value is -1.76. The predicted molar refractivity (Wildman–Crippen MR) is 58.2 cm³/mol. The van der Waals surface area contributed by atoms with E-state index in [1.807, 2.05) is 6.92 Å². The van der Waals surface area contributed by atoms with Gasteiger partial charge >= 0.3 is 5.69 Å². The van der Waals surface area contributed by atoms with E-state index < -0.39 is 4.92 Å². The molecule has 1 atom stereocenters. The number of ether oxygens (including phenoxy) is 1. The summed E-state index contributed by atoms with van der Waals surface area (Å²) in [6.07, 6.45) is 2.35. The molecule has 1 heterocycles. The number of nitrogens with one attached hydrogen (secondary N) is 1. The number of anilines is 1. The Labute approximate surface area is 93.0 Å². The Balaban J connectivity index is 2.46. The van der Waals surface area contributed by atoms with Crippen LogP contribution in [0.1, 0.15) is 6.92 Å². The maximum Gasteiger partial charge on any atom is 0.305 e. The minimum atomic E-state index is -0.530. The topological polar surface area (TPSA) is 90.2 Å². The molecule has 0 aliphatic heterocycles. The zero-order valence-electron chi connectivity index (χ0n) is 9.21. The number of methoxy groups -OCH3 is 1. The van der Waals surface area contributed by atoms with Gasteiger partial charge in [-0.05, 0) is 5.92 Å². The van der Waals surface area contributed by atoms with E-state index in [1.165, 1.54) is 12.4 Å². The molecule has 0 spiro atoms. The van der Waals surface area contributed by atoms with Gasteiger partial charge in [-0.3, -0.25) is 10.1 Å². The van der Waals surface area contributed by atoms with Crippen LogP contribution in [0.4, 0.5) is 11.6 Å². The van der Waals surface area contributed by atoms with Crippen molar-refractivity contribution in [3.05, 3.63) is 22.5 Å². The fourth-order valence-corrected chi connectivity index (χ4v) is 1.12. The van der Waals surface area contributed by atoms with Crippen molar-refractivity contribution in [2.45, 2.75) is 6.92 Å². The maximum atomic E-state index is 10.4. The molecule has 0 saturated carbocycles. The lowest BCUT2D eigenvalue weighted by Crippen LogP contribution is -2.17. The molecule has 0 aliphatic carbocycles. The lowest BCUT2D eigenvalue weighted by Gasteiger charge is -2.10. The first kappa shape index (κ1) is 12.3. The normalized spacial score (nSPS) is 12.1. The van der Waals surface area contributed by atoms with E-state index in [9.17, 15) is 10.1 Å². The average molecular weight is 226 g/mol. The minimum Gasteiger partial charge on any atom is -0.384 e. The van der Waals surface area contributed by atoms with Gasteiger partial charge in [0.25, 0.3) is 0 Å².